The van der Waals surface area contributed by atoms with Gasteiger partial charge in [-0.2, -0.15) is 5.10 Å². The molecule has 0 saturated heterocycles. The van der Waals surface area contributed by atoms with E-state index in [0.717, 1.165) is 47.8 Å². The first-order valence-electron chi connectivity index (χ1n) is 10.3. The third-order valence-electron chi connectivity index (χ3n) is 6.85. The molecule has 2 aromatic carbocycles. The van der Waals surface area contributed by atoms with Gasteiger partial charge in [-0.3, -0.25) is 9.59 Å². The molecular weight excluding hydrogens is 378 g/mol. The lowest BCUT2D eigenvalue weighted by Gasteiger charge is -2.57. The van der Waals surface area contributed by atoms with E-state index in [1.54, 1.807) is 6.33 Å². The van der Waals surface area contributed by atoms with E-state index in [0.29, 0.717) is 22.3 Å². The molecule has 2 aliphatic carbocycles. The second-order valence-electron chi connectivity index (χ2n) is 8.80. The van der Waals surface area contributed by atoms with Gasteiger partial charge in [0.1, 0.15) is 0 Å². The van der Waals surface area contributed by atoms with Crippen molar-refractivity contribution < 1.29 is 4.79 Å². The van der Waals surface area contributed by atoms with Gasteiger partial charge >= 0.3 is 0 Å². The van der Waals surface area contributed by atoms with Gasteiger partial charge in [-0.05, 0) is 55.4 Å². The number of nitrogens with zero attached hydrogens (tertiary/aromatic N) is 2. The first-order valence-corrected chi connectivity index (χ1v) is 10.3. The van der Waals surface area contributed by atoms with Crippen molar-refractivity contribution in [3.8, 4) is 0 Å². The van der Waals surface area contributed by atoms with Gasteiger partial charge in [0.15, 0.2) is 0 Å². The van der Waals surface area contributed by atoms with E-state index in [1.165, 1.54) is 0 Å². The van der Waals surface area contributed by atoms with Crippen LogP contribution >= 0.6 is 0 Å². The molecule has 7 heteroatoms. The van der Waals surface area contributed by atoms with Crippen LogP contribution in [0.3, 0.4) is 0 Å². The third kappa shape index (κ3) is 2.65. The molecule has 0 unspecified atom stereocenters. The Morgan fingerprint density at radius 3 is 2.70 bits per heavy atom. The normalized spacial score (nSPS) is 25.2. The van der Waals surface area contributed by atoms with Crippen LogP contribution in [0.5, 0.6) is 0 Å². The summed E-state index contributed by atoms with van der Waals surface area (Å²) >= 11 is 0. The molecule has 0 aliphatic heterocycles. The van der Waals surface area contributed by atoms with E-state index in [9.17, 15) is 9.59 Å². The van der Waals surface area contributed by atoms with Crippen molar-refractivity contribution in [1.29, 1.82) is 0 Å². The average Bonchev–Trinajstić information content (AvgIpc) is 3.17. The highest BCUT2D eigenvalue weighted by molar-refractivity contribution is 5.97. The lowest BCUT2D eigenvalue weighted by atomic mass is 9.49. The summed E-state index contributed by atoms with van der Waals surface area (Å²) in [5.74, 6) is 0.335. The van der Waals surface area contributed by atoms with Crippen molar-refractivity contribution in [2.24, 2.45) is 5.41 Å². The molecule has 3 N–H and O–H groups in total. The van der Waals surface area contributed by atoms with E-state index in [4.69, 9.17) is 0 Å². The molecule has 30 heavy (non-hydrogen) atoms. The van der Waals surface area contributed by atoms with Crippen molar-refractivity contribution in [3.63, 3.8) is 0 Å². The first kappa shape index (κ1) is 17.4. The molecule has 7 nitrogen and oxygen atoms in total. The van der Waals surface area contributed by atoms with Crippen molar-refractivity contribution in [2.75, 3.05) is 0 Å². The monoisotopic (exact) mass is 399 g/mol. The van der Waals surface area contributed by atoms with Gasteiger partial charge in [-0.15, -0.1) is 0 Å². The summed E-state index contributed by atoms with van der Waals surface area (Å²) in [5, 5.41) is 11.8. The number of amides is 1. The van der Waals surface area contributed by atoms with Crippen molar-refractivity contribution in [1.82, 2.24) is 25.5 Å². The fourth-order valence-electron chi connectivity index (χ4n) is 5.39. The fourth-order valence-corrected chi connectivity index (χ4v) is 5.39. The van der Waals surface area contributed by atoms with Crippen LogP contribution in [0.1, 0.15) is 47.7 Å². The summed E-state index contributed by atoms with van der Waals surface area (Å²) in [5.41, 5.74) is 3.55. The van der Waals surface area contributed by atoms with Crippen LogP contribution in [0.25, 0.3) is 21.8 Å². The molecule has 1 amide bonds. The molecule has 1 spiro atoms. The van der Waals surface area contributed by atoms with Gasteiger partial charge in [0.2, 0.25) is 0 Å². The molecule has 150 valence electrons. The maximum atomic E-state index is 12.6. The number of nitrogens with one attached hydrogen (secondary N) is 3. The predicted octanol–water partition coefficient (Wildman–Crippen LogP) is 3.26. The van der Waals surface area contributed by atoms with Crippen molar-refractivity contribution >= 4 is 27.7 Å². The molecule has 2 saturated carbocycles. The maximum absolute atomic E-state index is 12.6. The molecule has 6 rings (SSSR count). The smallest absolute Gasteiger partial charge is 0.272 e. The minimum absolute atomic E-state index is 0.0319. The number of imidazole rings is 1. The first-order chi connectivity index (χ1) is 14.6. The van der Waals surface area contributed by atoms with Crippen LogP contribution in [0, 0.1) is 5.41 Å². The number of rotatable bonds is 3. The SMILES string of the molecule is O=C(NC1CC2(C1)CC(c1n[nH]c(=O)c3ccccc13)C2)c1ccc2nc[nH]c2c1. The Balaban J connectivity index is 1.11. The minimum atomic E-state index is -0.136. The Morgan fingerprint density at radius 1 is 1.07 bits per heavy atom. The molecule has 0 bridgehead atoms. The van der Waals surface area contributed by atoms with Gasteiger partial charge in [0.25, 0.3) is 11.5 Å². The lowest BCUT2D eigenvalue weighted by Crippen LogP contribution is -2.55. The van der Waals surface area contributed by atoms with Crippen molar-refractivity contribution in [3.05, 3.63) is 70.4 Å². The zero-order valence-electron chi connectivity index (χ0n) is 16.3. The molecule has 4 aromatic rings. The molecule has 2 heterocycles. The standard InChI is InChI=1S/C23H21N5O2/c29-21(13-5-6-18-19(7-13)25-12-24-18)26-15-10-23(11-15)8-14(9-23)20-16-3-1-2-4-17(16)22(30)28-27-20/h1-7,12,14-15H,8-11H2,(H,24,25)(H,26,29)(H,28,30). The summed E-state index contributed by atoms with van der Waals surface area (Å²) < 4.78 is 0. The van der Waals surface area contributed by atoms with Gasteiger partial charge in [-0.25, -0.2) is 10.1 Å². The van der Waals surface area contributed by atoms with Crippen molar-refractivity contribution in [2.45, 2.75) is 37.6 Å². The number of hydrogen-bond donors (Lipinski definition) is 3. The second kappa shape index (κ2) is 6.26. The van der Waals surface area contributed by atoms with E-state index in [1.807, 2.05) is 42.5 Å². The van der Waals surface area contributed by atoms with E-state index in [2.05, 4.69) is 25.5 Å². The summed E-state index contributed by atoms with van der Waals surface area (Å²) in [4.78, 5) is 31.9. The summed E-state index contributed by atoms with van der Waals surface area (Å²) in [6.07, 6.45) is 5.76. The molecule has 2 aromatic heterocycles. The van der Waals surface area contributed by atoms with Gasteiger partial charge in [-0.1, -0.05) is 18.2 Å². The third-order valence-corrected chi connectivity index (χ3v) is 6.85. The molecule has 2 aliphatic rings. The second-order valence-corrected chi connectivity index (χ2v) is 8.80. The lowest BCUT2D eigenvalue weighted by molar-refractivity contribution is -0.0196. The van der Waals surface area contributed by atoms with Crippen LogP contribution in [0.2, 0.25) is 0 Å². The van der Waals surface area contributed by atoms with Crippen LogP contribution in [-0.4, -0.2) is 32.1 Å². The zero-order chi connectivity index (χ0) is 20.3. The van der Waals surface area contributed by atoms with Gasteiger partial charge in [0.05, 0.1) is 28.4 Å². The fraction of sp³-hybridized carbons (Fsp3) is 0.304. The highest BCUT2D eigenvalue weighted by Gasteiger charge is 2.54. The number of benzene rings is 2. The number of fused-ring (bicyclic) bond motifs is 2. The Hall–Kier alpha value is -3.48. The number of carbonyl (C=O) groups is 1. The topological polar surface area (TPSA) is 104 Å². The van der Waals surface area contributed by atoms with Gasteiger partial charge < -0.3 is 10.3 Å². The van der Waals surface area contributed by atoms with Crippen LogP contribution in [0.4, 0.5) is 0 Å². The van der Waals surface area contributed by atoms with E-state index < -0.39 is 0 Å². The van der Waals surface area contributed by atoms with E-state index >= 15 is 0 Å². The quantitative estimate of drug-likeness (QED) is 0.492. The number of aromatic nitrogens is 4. The maximum Gasteiger partial charge on any atom is 0.272 e. The Kier molecular flexibility index (Phi) is 3.63. The summed E-state index contributed by atoms with van der Waals surface area (Å²) in [6.45, 7) is 0. The molecular formula is C23H21N5O2. The Morgan fingerprint density at radius 2 is 1.87 bits per heavy atom. The summed E-state index contributed by atoms with van der Waals surface area (Å²) in [7, 11) is 0. The average molecular weight is 399 g/mol. The zero-order valence-corrected chi connectivity index (χ0v) is 16.3. The summed E-state index contributed by atoms with van der Waals surface area (Å²) in [6, 6.07) is 13.4. The van der Waals surface area contributed by atoms with E-state index in [-0.39, 0.29) is 17.5 Å². The molecule has 0 radical (unpaired) electrons. The Bertz CT molecular complexity index is 1340. The number of aromatic amines is 2. The largest absolute Gasteiger partial charge is 0.349 e. The van der Waals surface area contributed by atoms with Crippen LogP contribution in [0.15, 0.2) is 53.6 Å². The van der Waals surface area contributed by atoms with Crippen LogP contribution in [-0.2, 0) is 0 Å². The highest BCUT2D eigenvalue weighted by Crippen LogP contribution is 2.62. The van der Waals surface area contributed by atoms with Gasteiger partial charge in [0, 0.05) is 22.9 Å². The molecule has 2 fully saturated rings. The Labute approximate surface area is 171 Å². The van der Waals surface area contributed by atoms with Crippen LogP contribution < -0.4 is 10.9 Å². The highest BCUT2D eigenvalue weighted by atomic mass is 16.1. The minimum Gasteiger partial charge on any atom is -0.349 e. The number of hydrogen-bond acceptors (Lipinski definition) is 4. The molecule has 0 atom stereocenters. The number of carbonyl (C=O) groups excluding carboxylic acids is 1. The number of H-pyrrole nitrogens is 2. The predicted molar refractivity (Wildman–Crippen MR) is 113 cm³/mol.